The summed E-state index contributed by atoms with van der Waals surface area (Å²) in [5, 5.41) is 13.2. The maximum absolute atomic E-state index is 12.1. The zero-order chi connectivity index (χ0) is 19.8. The van der Waals surface area contributed by atoms with Crippen LogP contribution in [0.1, 0.15) is 23.7 Å². The van der Waals surface area contributed by atoms with Crippen LogP contribution in [0.4, 0.5) is 5.69 Å². The first kappa shape index (κ1) is 20.2. The molecule has 150 valence electrons. The predicted octanol–water partition coefficient (Wildman–Crippen LogP) is 2.31. The van der Waals surface area contributed by atoms with Crippen molar-refractivity contribution in [2.24, 2.45) is 0 Å². The number of nitrogens with one attached hydrogen (secondary N) is 1. The van der Waals surface area contributed by atoms with Crippen LogP contribution in [-0.4, -0.2) is 51.0 Å². The molecule has 2 aromatic rings. The van der Waals surface area contributed by atoms with Crippen LogP contribution in [0.25, 0.3) is 0 Å². The van der Waals surface area contributed by atoms with Gasteiger partial charge < -0.3 is 24.8 Å². The topological polar surface area (TPSA) is 71.0 Å². The third-order valence-electron chi connectivity index (χ3n) is 4.92. The van der Waals surface area contributed by atoms with Crippen LogP contribution in [0.5, 0.6) is 5.75 Å². The molecule has 0 saturated carbocycles. The lowest BCUT2D eigenvalue weighted by Crippen LogP contribution is -2.36. The monoisotopic (exact) mass is 384 g/mol. The van der Waals surface area contributed by atoms with E-state index in [1.165, 1.54) is 0 Å². The Morgan fingerprint density at radius 3 is 2.68 bits per heavy atom. The first-order valence-electron chi connectivity index (χ1n) is 9.66. The molecule has 1 atom stereocenters. The van der Waals surface area contributed by atoms with Gasteiger partial charge in [0.2, 0.25) is 5.91 Å². The van der Waals surface area contributed by atoms with Crippen molar-refractivity contribution < 1.29 is 19.4 Å². The number of aryl methyl sites for hydroxylation is 1. The molecule has 6 heteroatoms. The van der Waals surface area contributed by atoms with Crippen LogP contribution in [-0.2, 0) is 16.0 Å². The number of rotatable bonds is 8. The maximum atomic E-state index is 12.1. The Morgan fingerprint density at radius 1 is 1.21 bits per heavy atom. The number of ether oxygens (including phenoxy) is 2. The molecule has 1 heterocycles. The number of benzene rings is 2. The number of morpholine rings is 1. The summed E-state index contributed by atoms with van der Waals surface area (Å²) in [7, 11) is 1.63. The summed E-state index contributed by atoms with van der Waals surface area (Å²) in [4.78, 5) is 14.4. The Bertz CT molecular complexity index is 757. The van der Waals surface area contributed by atoms with Gasteiger partial charge in [-0.25, -0.2) is 0 Å². The standard InChI is InChI=1S/C22H28N2O4/c1-27-20-4-2-3-17(15-20)5-10-22(26)23-16-21(25)18-6-8-19(9-7-18)24-11-13-28-14-12-24/h2-4,6-9,15,21,25H,5,10-14,16H2,1H3,(H,23,26). The number of aliphatic hydroxyl groups is 1. The summed E-state index contributed by atoms with van der Waals surface area (Å²) in [5.41, 5.74) is 2.97. The molecule has 0 aliphatic carbocycles. The number of anilines is 1. The molecule has 0 bridgehead atoms. The van der Waals surface area contributed by atoms with Gasteiger partial charge in [-0.3, -0.25) is 4.79 Å². The Kier molecular flexibility index (Phi) is 7.28. The number of carbonyl (C=O) groups is 1. The van der Waals surface area contributed by atoms with Gasteiger partial charge in [-0.2, -0.15) is 0 Å². The molecule has 1 unspecified atom stereocenters. The largest absolute Gasteiger partial charge is 0.497 e. The number of nitrogens with zero attached hydrogens (tertiary/aromatic N) is 1. The summed E-state index contributed by atoms with van der Waals surface area (Å²) in [6.45, 7) is 3.45. The second-order valence-electron chi connectivity index (χ2n) is 6.86. The van der Waals surface area contributed by atoms with Crippen LogP contribution < -0.4 is 15.0 Å². The highest BCUT2D eigenvalue weighted by Crippen LogP contribution is 2.20. The summed E-state index contributed by atoms with van der Waals surface area (Å²) in [5.74, 6) is 0.709. The molecule has 0 aromatic heterocycles. The van der Waals surface area contributed by atoms with Gasteiger partial charge >= 0.3 is 0 Å². The lowest BCUT2D eigenvalue weighted by molar-refractivity contribution is -0.121. The van der Waals surface area contributed by atoms with Crippen molar-refractivity contribution in [2.75, 3.05) is 44.9 Å². The van der Waals surface area contributed by atoms with Crippen LogP contribution in [0, 0.1) is 0 Å². The van der Waals surface area contributed by atoms with Gasteiger partial charge in [0.25, 0.3) is 0 Å². The molecule has 2 aromatic carbocycles. The van der Waals surface area contributed by atoms with Crippen LogP contribution in [0.2, 0.25) is 0 Å². The summed E-state index contributed by atoms with van der Waals surface area (Å²) >= 11 is 0. The summed E-state index contributed by atoms with van der Waals surface area (Å²) in [6.07, 6.45) is 0.281. The van der Waals surface area contributed by atoms with E-state index in [9.17, 15) is 9.90 Å². The average Bonchev–Trinajstić information content (AvgIpc) is 2.77. The van der Waals surface area contributed by atoms with E-state index in [0.717, 1.165) is 48.9 Å². The highest BCUT2D eigenvalue weighted by molar-refractivity contribution is 5.76. The van der Waals surface area contributed by atoms with Crippen molar-refractivity contribution in [3.63, 3.8) is 0 Å². The Hall–Kier alpha value is -2.57. The maximum Gasteiger partial charge on any atom is 0.220 e. The van der Waals surface area contributed by atoms with E-state index in [1.54, 1.807) is 7.11 Å². The zero-order valence-electron chi connectivity index (χ0n) is 16.3. The number of carbonyl (C=O) groups excluding carboxylic acids is 1. The minimum Gasteiger partial charge on any atom is -0.497 e. The number of amides is 1. The van der Waals surface area contributed by atoms with E-state index in [-0.39, 0.29) is 12.5 Å². The number of aliphatic hydroxyl groups excluding tert-OH is 1. The molecule has 1 fully saturated rings. The molecular formula is C22H28N2O4. The minimum atomic E-state index is -0.723. The molecule has 28 heavy (non-hydrogen) atoms. The van der Waals surface area contributed by atoms with E-state index in [2.05, 4.69) is 10.2 Å². The fraction of sp³-hybridized carbons (Fsp3) is 0.409. The minimum absolute atomic E-state index is 0.0770. The second kappa shape index (κ2) is 10.1. The molecule has 1 saturated heterocycles. The van der Waals surface area contributed by atoms with Gasteiger partial charge in [-0.05, 0) is 41.8 Å². The van der Waals surface area contributed by atoms with E-state index in [0.29, 0.717) is 12.8 Å². The summed E-state index contributed by atoms with van der Waals surface area (Å²) < 4.78 is 10.6. The van der Waals surface area contributed by atoms with Crippen LogP contribution >= 0.6 is 0 Å². The fourth-order valence-electron chi connectivity index (χ4n) is 3.23. The first-order chi connectivity index (χ1) is 13.7. The molecule has 1 aliphatic rings. The molecule has 0 spiro atoms. The van der Waals surface area contributed by atoms with Gasteiger partial charge in [0.05, 0.1) is 26.4 Å². The van der Waals surface area contributed by atoms with Crippen LogP contribution in [0.3, 0.4) is 0 Å². The molecule has 3 rings (SSSR count). The van der Waals surface area contributed by atoms with Crippen molar-refractivity contribution in [3.05, 3.63) is 59.7 Å². The molecular weight excluding hydrogens is 356 g/mol. The molecule has 2 N–H and O–H groups in total. The van der Waals surface area contributed by atoms with E-state index < -0.39 is 6.10 Å². The molecule has 1 aliphatic heterocycles. The fourth-order valence-corrected chi connectivity index (χ4v) is 3.23. The number of hydrogen-bond acceptors (Lipinski definition) is 5. The zero-order valence-corrected chi connectivity index (χ0v) is 16.3. The molecule has 6 nitrogen and oxygen atoms in total. The van der Waals surface area contributed by atoms with Crippen LogP contribution in [0.15, 0.2) is 48.5 Å². The van der Waals surface area contributed by atoms with Gasteiger partial charge in [-0.15, -0.1) is 0 Å². The predicted molar refractivity (Wildman–Crippen MR) is 109 cm³/mol. The van der Waals surface area contributed by atoms with Gasteiger partial charge in [0.15, 0.2) is 0 Å². The van der Waals surface area contributed by atoms with Crippen molar-refractivity contribution in [1.82, 2.24) is 5.32 Å². The SMILES string of the molecule is COc1cccc(CCC(=O)NCC(O)c2ccc(N3CCOCC3)cc2)c1. The van der Waals surface area contributed by atoms with E-state index in [1.807, 2.05) is 48.5 Å². The van der Waals surface area contributed by atoms with Gasteiger partial charge in [-0.1, -0.05) is 24.3 Å². The van der Waals surface area contributed by atoms with Crippen molar-refractivity contribution in [1.29, 1.82) is 0 Å². The first-order valence-corrected chi connectivity index (χ1v) is 9.66. The van der Waals surface area contributed by atoms with Crippen molar-refractivity contribution in [2.45, 2.75) is 18.9 Å². The second-order valence-corrected chi connectivity index (χ2v) is 6.86. The van der Waals surface area contributed by atoms with E-state index >= 15 is 0 Å². The Labute approximate surface area is 166 Å². The normalized spacial score (nSPS) is 15.1. The quantitative estimate of drug-likeness (QED) is 0.731. The number of methoxy groups -OCH3 is 1. The average molecular weight is 384 g/mol. The third-order valence-corrected chi connectivity index (χ3v) is 4.92. The highest BCUT2D eigenvalue weighted by Gasteiger charge is 2.13. The highest BCUT2D eigenvalue weighted by atomic mass is 16.5. The lowest BCUT2D eigenvalue weighted by atomic mass is 10.1. The van der Waals surface area contributed by atoms with Crippen molar-refractivity contribution >= 4 is 11.6 Å². The Morgan fingerprint density at radius 2 is 1.96 bits per heavy atom. The molecule has 1 amide bonds. The lowest BCUT2D eigenvalue weighted by Gasteiger charge is -2.29. The number of hydrogen-bond donors (Lipinski definition) is 2. The Balaban J connectivity index is 1.43. The van der Waals surface area contributed by atoms with Crippen molar-refractivity contribution in [3.8, 4) is 5.75 Å². The molecule has 0 radical (unpaired) electrons. The van der Waals surface area contributed by atoms with Gasteiger partial charge in [0.1, 0.15) is 5.75 Å². The van der Waals surface area contributed by atoms with E-state index in [4.69, 9.17) is 9.47 Å². The van der Waals surface area contributed by atoms with Gasteiger partial charge in [0, 0.05) is 31.7 Å². The third kappa shape index (κ3) is 5.71. The summed E-state index contributed by atoms with van der Waals surface area (Å²) in [6, 6.07) is 15.5. The smallest absolute Gasteiger partial charge is 0.220 e.